The molecule has 0 aliphatic carbocycles. The van der Waals surface area contributed by atoms with E-state index in [9.17, 15) is 9.59 Å². The number of ether oxygens (including phenoxy) is 1. The highest BCUT2D eigenvalue weighted by Gasteiger charge is 2.23. The quantitative estimate of drug-likeness (QED) is 0.811. The van der Waals surface area contributed by atoms with Crippen LogP contribution in [0.15, 0.2) is 0 Å². The van der Waals surface area contributed by atoms with Crippen LogP contribution < -0.4 is 11.1 Å². The fourth-order valence-electron chi connectivity index (χ4n) is 1.74. The average Bonchev–Trinajstić information content (AvgIpc) is 2.65. The van der Waals surface area contributed by atoms with E-state index >= 15 is 0 Å². The van der Waals surface area contributed by atoms with Gasteiger partial charge < -0.3 is 15.8 Å². The summed E-state index contributed by atoms with van der Waals surface area (Å²) in [5, 5.41) is 3.22. The maximum absolute atomic E-state index is 12.0. The fraction of sp³-hybridized carbons (Fsp3) is 0.538. The summed E-state index contributed by atoms with van der Waals surface area (Å²) in [6, 6.07) is -0.623. The van der Waals surface area contributed by atoms with Crippen molar-refractivity contribution in [3.8, 4) is 0 Å². The zero-order valence-corrected chi connectivity index (χ0v) is 12.5. The molecular weight excluding hydrogens is 264 g/mol. The largest absolute Gasteiger partial charge is 0.462 e. The van der Waals surface area contributed by atoms with E-state index in [0.717, 1.165) is 10.4 Å². The molecule has 0 aromatic carbocycles. The first-order chi connectivity index (χ1) is 8.92. The number of amides is 1. The molecule has 1 aromatic heterocycles. The van der Waals surface area contributed by atoms with E-state index in [1.165, 1.54) is 11.3 Å². The Morgan fingerprint density at radius 1 is 1.42 bits per heavy atom. The highest BCUT2D eigenvalue weighted by molar-refractivity contribution is 7.16. The van der Waals surface area contributed by atoms with Crippen LogP contribution in [0.5, 0.6) is 0 Å². The smallest absolute Gasteiger partial charge is 0.341 e. The molecule has 19 heavy (non-hydrogen) atoms. The molecular formula is C13H20N2O3S. The van der Waals surface area contributed by atoms with Gasteiger partial charge in [-0.15, -0.1) is 11.3 Å². The summed E-state index contributed by atoms with van der Waals surface area (Å²) in [5.74, 6) is -0.710. The van der Waals surface area contributed by atoms with Crippen LogP contribution in [0.1, 0.15) is 41.6 Å². The molecule has 6 heteroatoms. The molecule has 0 aliphatic rings. The molecule has 1 amide bonds. The SMILES string of the molecule is CCOC(=O)c1c(NC(=O)[C@H](C)N)sc(C)c1CC. The van der Waals surface area contributed by atoms with Gasteiger partial charge in [-0.05, 0) is 32.8 Å². The van der Waals surface area contributed by atoms with Crippen molar-refractivity contribution < 1.29 is 14.3 Å². The predicted octanol–water partition coefficient (Wildman–Crippen LogP) is 2.08. The minimum atomic E-state index is -0.623. The third kappa shape index (κ3) is 3.54. The number of nitrogens with two attached hydrogens (primary N) is 1. The van der Waals surface area contributed by atoms with Gasteiger partial charge in [0.05, 0.1) is 18.2 Å². The minimum absolute atomic E-state index is 0.303. The summed E-state index contributed by atoms with van der Waals surface area (Å²) in [7, 11) is 0. The monoisotopic (exact) mass is 284 g/mol. The van der Waals surface area contributed by atoms with E-state index in [2.05, 4.69) is 5.32 Å². The highest BCUT2D eigenvalue weighted by atomic mass is 32.1. The second kappa shape index (κ2) is 6.68. The number of esters is 1. The Labute approximate surface area is 117 Å². The lowest BCUT2D eigenvalue weighted by atomic mass is 10.1. The van der Waals surface area contributed by atoms with E-state index in [4.69, 9.17) is 10.5 Å². The number of thiophene rings is 1. The normalized spacial score (nSPS) is 12.1. The number of aryl methyl sites for hydroxylation is 1. The van der Waals surface area contributed by atoms with Crippen molar-refractivity contribution in [2.75, 3.05) is 11.9 Å². The Morgan fingerprint density at radius 3 is 2.53 bits per heavy atom. The van der Waals surface area contributed by atoms with E-state index in [-0.39, 0.29) is 5.91 Å². The predicted molar refractivity (Wildman–Crippen MR) is 76.7 cm³/mol. The van der Waals surface area contributed by atoms with Gasteiger partial charge in [0.1, 0.15) is 5.00 Å². The minimum Gasteiger partial charge on any atom is -0.462 e. The molecule has 0 spiro atoms. The zero-order chi connectivity index (χ0) is 14.6. The molecule has 5 nitrogen and oxygen atoms in total. The van der Waals surface area contributed by atoms with Gasteiger partial charge in [-0.1, -0.05) is 6.92 Å². The number of rotatable bonds is 5. The van der Waals surface area contributed by atoms with Crippen LogP contribution >= 0.6 is 11.3 Å². The Bertz CT molecular complexity index is 480. The van der Waals surface area contributed by atoms with E-state index in [0.29, 0.717) is 23.6 Å². The van der Waals surface area contributed by atoms with E-state index in [1.807, 2.05) is 13.8 Å². The Hall–Kier alpha value is -1.40. The fourth-order valence-corrected chi connectivity index (χ4v) is 2.87. The zero-order valence-electron chi connectivity index (χ0n) is 11.7. The van der Waals surface area contributed by atoms with Gasteiger partial charge in [0.15, 0.2) is 0 Å². The number of carbonyl (C=O) groups excluding carboxylic acids is 2. The van der Waals surface area contributed by atoms with Crippen molar-refractivity contribution in [3.05, 3.63) is 16.0 Å². The van der Waals surface area contributed by atoms with Gasteiger partial charge in [0.2, 0.25) is 5.91 Å². The lowest BCUT2D eigenvalue weighted by Crippen LogP contribution is -2.32. The van der Waals surface area contributed by atoms with Crippen LogP contribution in [0.3, 0.4) is 0 Å². The summed E-state index contributed by atoms with van der Waals surface area (Å²) in [4.78, 5) is 24.7. The number of anilines is 1. The summed E-state index contributed by atoms with van der Waals surface area (Å²) in [6.45, 7) is 7.55. The molecule has 0 bridgehead atoms. The Balaban J connectivity index is 3.16. The van der Waals surface area contributed by atoms with Crippen LogP contribution in [0.25, 0.3) is 0 Å². The topological polar surface area (TPSA) is 81.4 Å². The standard InChI is InChI=1S/C13H20N2O3S/c1-5-9-8(4)19-12(15-11(16)7(3)14)10(9)13(17)18-6-2/h7H,5-6,14H2,1-4H3,(H,15,16)/t7-/m0/s1. The van der Waals surface area contributed by atoms with Gasteiger partial charge in [0, 0.05) is 4.88 Å². The Kier molecular flexibility index (Phi) is 5.50. The lowest BCUT2D eigenvalue weighted by molar-refractivity contribution is -0.117. The third-order valence-corrected chi connectivity index (χ3v) is 3.76. The molecule has 3 N–H and O–H groups in total. The van der Waals surface area contributed by atoms with Crippen molar-refractivity contribution in [3.63, 3.8) is 0 Å². The van der Waals surface area contributed by atoms with Gasteiger partial charge in [-0.3, -0.25) is 4.79 Å². The summed E-state index contributed by atoms with van der Waals surface area (Å²) in [6.07, 6.45) is 0.713. The third-order valence-electron chi connectivity index (χ3n) is 2.69. The van der Waals surface area contributed by atoms with Gasteiger partial charge in [0.25, 0.3) is 0 Å². The molecule has 1 aromatic rings. The number of nitrogens with one attached hydrogen (secondary N) is 1. The number of carbonyl (C=O) groups is 2. The molecule has 0 saturated heterocycles. The first-order valence-corrected chi connectivity index (χ1v) is 7.09. The van der Waals surface area contributed by atoms with Crippen LogP contribution in [0.2, 0.25) is 0 Å². The molecule has 0 fully saturated rings. The maximum atomic E-state index is 12.0. The van der Waals surface area contributed by atoms with Crippen molar-refractivity contribution >= 4 is 28.2 Å². The lowest BCUT2D eigenvalue weighted by Gasteiger charge is -2.09. The van der Waals surface area contributed by atoms with Crippen LogP contribution in [-0.2, 0) is 16.0 Å². The molecule has 1 rings (SSSR count). The van der Waals surface area contributed by atoms with E-state index < -0.39 is 12.0 Å². The first kappa shape index (κ1) is 15.7. The van der Waals surface area contributed by atoms with Gasteiger partial charge in [-0.25, -0.2) is 4.79 Å². The van der Waals surface area contributed by atoms with Crippen molar-refractivity contribution in [2.24, 2.45) is 5.73 Å². The first-order valence-electron chi connectivity index (χ1n) is 6.28. The van der Waals surface area contributed by atoms with Crippen molar-refractivity contribution in [2.45, 2.75) is 40.2 Å². The molecule has 0 aliphatic heterocycles. The van der Waals surface area contributed by atoms with Crippen molar-refractivity contribution in [1.29, 1.82) is 0 Å². The number of hydrogen-bond donors (Lipinski definition) is 2. The van der Waals surface area contributed by atoms with Crippen LogP contribution in [0.4, 0.5) is 5.00 Å². The van der Waals surface area contributed by atoms with Crippen LogP contribution in [-0.4, -0.2) is 24.5 Å². The second-order valence-electron chi connectivity index (χ2n) is 4.19. The number of hydrogen-bond acceptors (Lipinski definition) is 5. The van der Waals surface area contributed by atoms with Gasteiger partial charge in [-0.2, -0.15) is 0 Å². The molecule has 1 atom stereocenters. The molecule has 0 saturated carbocycles. The molecule has 0 radical (unpaired) electrons. The van der Waals surface area contributed by atoms with E-state index in [1.54, 1.807) is 13.8 Å². The molecule has 106 valence electrons. The molecule has 1 heterocycles. The second-order valence-corrected chi connectivity index (χ2v) is 5.42. The summed E-state index contributed by atoms with van der Waals surface area (Å²) in [5.41, 5.74) is 6.90. The average molecular weight is 284 g/mol. The Morgan fingerprint density at radius 2 is 2.05 bits per heavy atom. The highest BCUT2D eigenvalue weighted by Crippen LogP contribution is 2.34. The summed E-state index contributed by atoms with van der Waals surface area (Å²) < 4.78 is 5.05. The molecule has 0 unspecified atom stereocenters. The van der Waals surface area contributed by atoms with Gasteiger partial charge >= 0.3 is 5.97 Å². The van der Waals surface area contributed by atoms with Crippen LogP contribution in [0, 0.1) is 6.92 Å². The summed E-state index contributed by atoms with van der Waals surface area (Å²) >= 11 is 1.38. The maximum Gasteiger partial charge on any atom is 0.341 e. The van der Waals surface area contributed by atoms with Crippen molar-refractivity contribution in [1.82, 2.24) is 0 Å².